The van der Waals surface area contributed by atoms with Crippen molar-refractivity contribution in [2.45, 2.75) is 13.8 Å². The third kappa shape index (κ3) is 5.38. The van der Waals surface area contributed by atoms with Crippen LogP contribution in [0.1, 0.15) is 13.8 Å². The zero-order valence-corrected chi connectivity index (χ0v) is 13.5. The summed E-state index contributed by atoms with van der Waals surface area (Å²) in [5.41, 5.74) is -0.589. The fraction of sp³-hybridized carbons (Fsp3) is 0.500. The maximum Gasteiger partial charge on any atom is 0.209 e. The number of sulfonamides is 1. The minimum absolute atomic E-state index is 0.146. The Balaban J connectivity index is 2.82. The van der Waals surface area contributed by atoms with Gasteiger partial charge in [0.05, 0.1) is 23.9 Å². The van der Waals surface area contributed by atoms with E-state index in [0.29, 0.717) is 11.5 Å². The number of methoxy groups -OCH3 is 1. The number of ether oxygens (including phenoxy) is 2. The van der Waals surface area contributed by atoms with E-state index >= 15 is 0 Å². The lowest BCUT2D eigenvalue weighted by atomic mass is 9.98. The minimum Gasteiger partial charge on any atom is -0.493 e. The van der Waals surface area contributed by atoms with Crippen molar-refractivity contribution in [2.24, 2.45) is 10.6 Å². The summed E-state index contributed by atoms with van der Waals surface area (Å²) in [5, 5.41) is 5.06. The molecule has 0 aromatic heterocycles. The van der Waals surface area contributed by atoms with Gasteiger partial charge < -0.3 is 9.47 Å². The summed E-state index contributed by atoms with van der Waals surface area (Å²) in [6.45, 7) is 3.77. The lowest BCUT2D eigenvalue weighted by Gasteiger charge is -2.24. The Morgan fingerprint density at radius 1 is 1.37 bits per heavy atom. The molecule has 0 bridgehead atoms. The van der Waals surface area contributed by atoms with Crippen LogP contribution < -0.4 is 14.6 Å². The lowest BCUT2D eigenvalue weighted by Crippen LogP contribution is -2.33. The molecule has 1 aromatic carbocycles. The molecular weight excluding hydrogens is 334 g/mol. The number of halogens is 1. The Kier molecular flexibility index (Phi) is 5.23. The van der Waals surface area contributed by atoms with Crippen LogP contribution in [0.4, 0.5) is 0 Å². The number of para-hydroxylation sites is 1. The van der Waals surface area contributed by atoms with Gasteiger partial charge >= 0.3 is 0 Å². The summed E-state index contributed by atoms with van der Waals surface area (Å²) < 4.78 is 33.9. The smallest absolute Gasteiger partial charge is 0.209 e. The van der Waals surface area contributed by atoms with Crippen LogP contribution in [0.3, 0.4) is 0 Å². The van der Waals surface area contributed by atoms with Crippen LogP contribution in [-0.2, 0) is 10.0 Å². The first-order valence-corrected chi connectivity index (χ1v) is 8.11. The standard InChI is InChI=1S/C12H18BrNO4S/c1-12(2,8-19(14,15)16)7-18-11-9(13)5-4-6-10(11)17-3/h4-6H,7-8H2,1-3H3,(H2,14,15,16). The molecule has 108 valence electrons. The lowest BCUT2D eigenvalue weighted by molar-refractivity contribution is 0.192. The average Bonchev–Trinajstić information content (AvgIpc) is 2.23. The molecule has 0 heterocycles. The Bertz CT molecular complexity index is 543. The molecule has 0 spiro atoms. The summed E-state index contributed by atoms with van der Waals surface area (Å²) in [6, 6.07) is 5.42. The van der Waals surface area contributed by atoms with E-state index in [1.54, 1.807) is 27.0 Å². The number of hydrogen-bond donors (Lipinski definition) is 1. The third-order valence-corrected chi connectivity index (χ3v) is 4.16. The molecule has 0 amide bonds. The van der Waals surface area contributed by atoms with Crippen molar-refractivity contribution >= 4 is 26.0 Å². The van der Waals surface area contributed by atoms with Crippen molar-refractivity contribution in [1.82, 2.24) is 0 Å². The Morgan fingerprint density at radius 3 is 2.53 bits per heavy atom. The van der Waals surface area contributed by atoms with E-state index in [2.05, 4.69) is 15.9 Å². The summed E-state index contributed by atoms with van der Waals surface area (Å²) in [4.78, 5) is 0. The van der Waals surface area contributed by atoms with Crippen LogP contribution in [0.15, 0.2) is 22.7 Å². The molecule has 0 aliphatic rings. The van der Waals surface area contributed by atoms with Gasteiger partial charge in [0.1, 0.15) is 0 Å². The fourth-order valence-electron chi connectivity index (χ4n) is 1.64. The summed E-state index contributed by atoms with van der Waals surface area (Å²) in [5.74, 6) is 0.987. The van der Waals surface area contributed by atoms with Gasteiger partial charge in [0.25, 0.3) is 0 Å². The highest BCUT2D eigenvalue weighted by Crippen LogP contribution is 2.36. The second-order valence-corrected chi connectivity index (χ2v) is 7.50. The van der Waals surface area contributed by atoms with E-state index in [0.717, 1.165) is 4.47 Å². The average molecular weight is 352 g/mol. The number of benzene rings is 1. The van der Waals surface area contributed by atoms with E-state index in [1.165, 1.54) is 0 Å². The molecule has 7 heteroatoms. The maximum atomic E-state index is 11.1. The first kappa shape index (κ1) is 16.3. The van der Waals surface area contributed by atoms with Crippen LogP contribution in [-0.4, -0.2) is 27.9 Å². The number of nitrogens with two attached hydrogens (primary N) is 1. The van der Waals surface area contributed by atoms with E-state index in [-0.39, 0.29) is 12.4 Å². The van der Waals surface area contributed by atoms with Gasteiger partial charge in [-0.05, 0) is 28.1 Å². The van der Waals surface area contributed by atoms with Crippen LogP contribution in [0, 0.1) is 5.41 Å². The summed E-state index contributed by atoms with van der Waals surface area (Å²) >= 11 is 3.37. The first-order chi connectivity index (χ1) is 8.64. The Labute approximate surface area is 122 Å². The molecule has 19 heavy (non-hydrogen) atoms. The van der Waals surface area contributed by atoms with Gasteiger partial charge in [0.15, 0.2) is 11.5 Å². The highest BCUT2D eigenvalue weighted by atomic mass is 79.9. The molecular formula is C12H18BrNO4S. The molecule has 1 rings (SSSR count). The zero-order valence-electron chi connectivity index (χ0n) is 11.1. The predicted octanol–water partition coefficient (Wildman–Crippen LogP) is 2.15. The van der Waals surface area contributed by atoms with Gasteiger partial charge in [-0.2, -0.15) is 0 Å². The van der Waals surface area contributed by atoms with E-state index in [1.807, 2.05) is 12.1 Å². The normalized spacial score (nSPS) is 12.3. The molecule has 2 N–H and O–H groups in total. The van der Waals surface area contributed by atoms with E-state index < -0.39 is 15.4 Å². The summed E-state index contributed by atoms with van der Waals surface area (Å²) in [7, 11) is -1.99. The predicted molar refractivity (Wildman–Crippen MR) is 77.9 cm³/mol. The quantitative estimate of drug-likeness (QED) is 0.851. The van der Waals surface area contributed by atoms with Crippen molar-refractivity contribution in [3.63, 3.8) is 0 Å². The zero-order chi connectivity index (χ0) is 14.7. The van der Waals surface area contributed by atoms with E-state index in [9.17, 15) is 8.42 Å². The van der Waals surface area contributed by atoms with Gasteiger partial charge in [-0.3, -0.25) is 0 Å². The largest absolute Gasteiger partial charge is 0.493 e. The SMILES string of the molecule is COc1cccc(Br)c1OCC(C)(C)CS(N)(=O)=O. The molecule has 0 atom stereocenters. The highest BCUT2D eigenvalue weighted by molar-refractivity contribution is 9.10. The van der Waals surface area contributed by atoms with Crippen molar-refractivity contribution in [2.75, 3.05) is 19.5 Å². The first-order valence-electron chi connectivity index (χ1n) is 5.60. The number of primary sulfonamides is 1. The van der Waals surface area contributed by atoms with Gasteiger partial charge in [-0.25, -0.2) is 13.6 Å². The second-order valence-electron chi connectivity index (χ2n) is 5.03. The molecule has 0 aliphatic carbocycles. The minimum atomic E-state index is -3.53. The van der Waals surface area contributed by atoms with Crippen molar-refractivity contribution < 1.29 is 17.9 Å². The Morgan fingerprint density at radius 2 is 2.00 bits per heavy atom. The molecule has 0 fully saturated rings. The topological polar surface area (TPSA) is 78.6 Å². The fourth-order valence-corrected chi connectivity index (χ4v) is 3.28. The van der Waals surface area contributed by atoms with E-state index in [4.69, 9.17) is 14.6 Å². The van der Waals surface area contributed by atoms with Crippen molar-refractivity contribution in [3.8, 4) is 11.5 Å². The highest BCUT2D eigenvalue weighted by Gasteiger charge is 2.26. The van der Waals surface area contributed by atoms with Gasteiger partial charge in [0.2, 0.25) is 10.0 Å². The van der Waals surface area contributed by atoms with Crippen molar-refractivity contribution in [3.05, 3.63) is 22.7 Å². The molecule has 0 aliphatic heterocycles. The maximum absolute atomic E-state index is 11.1. The summed E-state index contributed by atoms with van der Waals surface area (Å²) in [6.07, 6.45) is 0. The Hall–Kier alpha value is -0.790. The van der Waals surface area contributed by atoms with Gasteiger partial charge in [-0.1, -0.05) is 19.9 Å². The van der Waals surface area contributed by atoms with Crippen LogP contribution >= 0.6 is 15.9 Å². The van der Waals surface area contributed by atoms with Crippen LogP contribution in [0.5, 0.6) is 11.5 Å². The second kappa shape index (κ2) is 6.11. The monoisotopic (exact) mass is 351 g/mol. The van der Waals surface area contributed by atoms with Crippen molar-refractivity contribution in [1.29, 1.82) is 0 Å². The molecule has 0 radical (unpaired) electrons. The molecule has 0 saturated heterocycles. The third-order valence-electron chi connectivity index (χ3n) is 2.35. The molecule has 0 unspecified atom stereocenters. The number of hydrogen-bond acceptors (Lipinski definition) is 4. The van der Waals surface area contributed by atoms with Crippen LogP contribution in [0.2, 0.25) is 0 Å². The van der Waals surface area contributed by atoms with Gasteiger partial charge in [-0.15, -0.1) is 0 Å². The van der Waals surface area contributed by atoms with Gasteiger partial charge in [0, 0.05) is 5.41 Å². The molecule has 1 aromatic rings. The van der Waals surface area contributed by atoms with Crippen LogP contribution in [0.25, 0.3) is 0 Å². The number of rotatable bonds is 6. The molecule has 5 nitrogen and oxygen atoms in total. The molecule has 0 saturated carbocycles.